The third-order valence-electron chi connectivity index (χ3n) is 1.89. The number of nitrogens with zero attached hydrogens (tertiary/aromatic N) is 1. The molecule has 1 fully saturated rings. The summed E-state index contributed by atoms with van der Waals surface area (Å²) in [4.78, 5) is 4.56. The Kier molecular flexibility index (Phi) is 7.16. The maximum absolute atomic E-state index is 4.56. The molecule has 0 bridgehead atoms. The monoisotopic (exact) mass is 303 g/mol. The fourth-order valence-corrected chi connectivity index (χ4v) is 6.03. The van der Waals surface area contributed by atoms with Crippen molar-refractivity contribution in [3.63, 3.8) is 0 Å². The summed E-state index contributed by atoms with van der Waals surface area (Å²) in [5, 5.41) is 3.98. The van der Waals surface area contributed by atoms with Crippen LogP contribution < -0.4 is 0 Å². The van der Waals surface area contributed by atoms with Crippen LogP contribution in [0.15, 0.2) is 4.99 Å². The van der Waals surface area contributed by atoms with Crippen molar-refractivity contribution in [2.45, 2.75) is 38.2 Å². The SMILES string of the molecule is CCCN=C1SCC(CSC#C[Si](C)(C)C)S1. The lowest BCUT2D eigenvalue weighted by Gasteiger charge is -2.04. The summed E-state index contributed by atoms with van der Waals surface area (Å²) < 4.78 is 1.29. The predicted molar refractivity (Wildman–Crippen MR) is 90.0 cm³/mol. The first-order valence-electron chi connectivity index (χ1n) is 5.99. The smallest absolute Gasteiger partial charge is 0.130 e. The summed E-state index contributed by atoms with van der Waals surface area (Å²) in [6.07, 6.45) is 1.14. The number of aliphatic imine (C=N–C) groups is 1. The Morgan fingerprint density at radius 2 is 2.24 bits per heavy atom. The second-order valence-corrected chi connectivity index (χ2v) is 13.1. The van der Waals surface area contributed by atoms with Crippen LogP contribution in [0.4, 0.5) is 0 Å². The van der Waals surface area contributed by atoms with Crippen LogP contribution in [0.2, 0.25) is 19.6 Å². The van der Waals surface area contributed by atoms with E-state index in [-0.39, 0.29) is 0 Å². The molecule has 0 radical (unpaired) electrons. The van der Waals surface area contributed by atoms with E-state index in [0.717, 1.165) is 18.7 Å². The largest absolute Gasteiger partial charge is 0.272 e. The first-order valence-corrected chi connectivity index (χ1v) is 12.3. The summed E-state index contributed by atoms with van der Waals surface area (Å²) in [7, 11) is -1.18. The fraction of sp³-hybridized carbons (Fsp3) is 0.750. The molecule has 0 saturated carbocycles. The van der Waals surface area contributed by atoms with Crippen LogP contribution in [0.25, 0.3) is 0 Å². The topological polar surface area (TPSA) is 12.4 Å². The normalized spacial score (nSPS) is 22.6. The molecule has 1 aliphatic rings. The highest BCUT2D eigenvalue weighted by Gasteiger charge is 2.21. The van der Waals surface area contributed by atoms with Crippen molar-refractivity contribution in [1.29, 1.82) is 0 Å². The van der Waals surface area contributed by atoms with Gasteiger partial charge in [0.1, 0.15) is 12.4 Å². The van der Waals surface area contributed by atoms with Crippen molar-refractivity contribution in [3.05, 3.63) is 0 Å². The molecule has 0 aliphatic carbocycles. The lowest BCUT2D eigenvalue weighted by Crippen LogP contribution is -2.16. The Hall–Kier alpha value is 0.497. The zero-order valence-electron chi connectivity index (χ0n) is 11.1. The van der Waals surface area contributed by atoms with Crippen LogP contribution in [0.5, 0.6) is 0 Å². The lowest BCUT2D eigenvalue weighted by atomic mass is 10.5. The van der Waals surface area contributed by atoms with E-state index in [1.807, 2.05) is 23.5 Å². The molecule has 1 unspecified atom stereocenters. The van der Waals surface area contributed by atoms with E-state index in [9.17, 15) is 0 Å². The number of hydrogen-bond donors (Lipinski definition) is 0. The fourth-order valence-electron chi connectivity index (χ4n) is 1.07. The van der Waals surface area contributed by atoms with Crippen LogP contribution >= 0.6 is 35.3 Å². The molecule has 0 N–H and O–H groups in total. The Bertz CT molecular complexity index is 325. The molecular weight excluding hydrogens is 282 g/mol. The highest BCUT2D eigenvalue weighted by Crippen LogP contribution is 2.34. The average molecular weight is 304 g/mol. The van der Waals surface area contributed by atoms with E-state index in [0.29, 0.717) is 5.25 Å². The van der Waals surface area contributed by atoms with Crippen LogP contribution in [0.1, 0.15) is 13.3 Å². The van der Waals surface area contributed by atoms with Gasteiger partial charge in [0.15, 0.2) is 0 Å². The number of rotatable bonds is 4. The van der Waals surface area contributed by atoms with E-state index < -0.39 is 8.07 Å². The molecule has 96 valence electrons. The average Bonchev–Trinajstić information content (AvgIpc) is 2.68. The Morgan fingerprint density at radius 1 is 1.47 bits per heavy atom. The van der Waals surface area contributed by atoms with E-state index in [1.165, 1.54) is 10.1 Å². The van der Waals surface area contributed by atoms with Gasteiger partial charge in [-0.2, -0.15) is 0 Å². The van der Waals surface area contributed by atoms with Gasteiger partial charge < -0.3 is 0 Å². The van der Waals surface area contributed by atoms with E-state index in [1.54, 1.807) is 11.8 Å². The molecule has 5 heteroatoms. The summed E-state index contributed by atoms with van der Waals surface area (Å²) >= 11 is 5.65. The van der Waals surface area contributed by atoms with Gasteiger partial charge in [-0.3, -0.25) is 4.99 Å². The Labute approximate surface area is 119 Å². The zero-order valence-corrected chi connectivity index (χ0v) is 14.5. The Morgan fingerprint density at radius 3 is 2.88 bits per heavy atom. The van der Waals surface area contributed by atoms with Crippen LogP contribution in [0, 0.1) is 10.8 Å². The minimum atomic E-state index is -1.18. The maximum Gasteiger partial charge on any atom is 0.130 e. The summed E-state index contributed by atoms with van der Waals surface area (Å²) in [6, 6.07) is 0. The predicted octanol–water partition coefficient (Wildman–Crippen LogP) is 4.17. The molecule has 1 saturated heterocycles. The standard InChI is InChI=1S/C12H21NS3Si/c1-5-6-13-12-15-10-11(16-12)9-14-7-8-17(2,3)4/h11H,5-6,9-10H2,1-4H3. The van der Waals surface area contributed by atoms with Gasteiger partial charge >= 0.3 is 0 Å². The zero-order chi connectivity index (χ0) is 12.7. The minimum Gasteiger partial charge on any atom is -0.272 e. The molecule has 0 aromatic rings. The van der Waals surface area contributed by atoms with Gasteiger partial charge in [-0.1, -0.05) is 61.9 Å². The quantitative estimate of drug-likeness (QED) is 0.571. The molecule has 17 heavy (non-hydrogen) atoms. The van der Waals surface area contributed by atoms with Crippen LogP contribution in [-0.2, 0) is 0 Å². The van der Waals surface area contributed by atoms with Crippen molar-refractivity contribution in [2.75, 3.05) is 18.1 Å². The van der Waals surface area contributed by atoms with E-state index in [4.69, 9.17) is 0 Å². The second kappa shape index (κ2) is 7.83. The van der Waals surface area contributed by atoms with Crippen LogP contribution in [0.3, 0.4) is 0 Å². The van der Waals surface area contributed by atoms with E-state index in [2.05, 4.69) is 42.4 Å². The Balaban J connectivity index is 2.24. The van der Waals surface area contributed by atoms with Gasteiger partial charge in [0.25, 0.3) is 0 Å². The molecule has 0 amide bonds. The van der Waals surface area contributed by atoms with Crippen molar-refractivity contribution in [3.8, 4) is 10.8 Å². The minimum absolute atomic E-state index is 0.705. The van der Waals surface area contributed by atoms with Gasteiger partial charge in [0.2, 0.25) is 0 Å². The van der Waals surface area contributed by atoms with Crippen molar-refractivity contribution >= 4 is 47.7 Å². The molecule has 1 rings (SSSR count). The number of thioether (sulfide) groups is 3. The van der Waals surface area contributed by atoms with Gasteiger partial charge in [0, 0.05) is 23.3 Å². The second-order valence-electron chi connectivity index (χ2n) is 4.99. The molecule has 1 heterocycles. The van der Waals surface area contributed by atoms with Crippen molar-refractivity contribution in [2.24, 2.45) is 4.99 Å². The summed E-state index contributed by atoms with van der Waals surface area (Å²) in [5.74, 6) is 2.34. The van der Waals surface area contributed by atoms with Crippen LogP contribution in [-0.4, -0.2) is 35.8 Å². The molecule has 1 aliphatic heterocycles. The lowest BCUT2D eigenvalue weighted by molar-refractivity contribution is 0.938. The van der Waals surface area contributed by atoms with Gasteiger partial charge in [-0.05, 0) is 11.7 Å². The summed E-state index contributed by atoms with van der Waals surface area (Å²) in [6.45, 7) is 10.0. The first-order chi connectivity index (χ1) is 8.01. The molecule has 0 aromatic carbocycles. The van der Waals surface area contributed by atoms with Gasteiger partial charge in [0.05, 0.1) is 0 Å². The van der Waals surface area contributed by atoms with Gasteiger partial charge in [-0.15, -0.1) is 5.54 Å². The maximum atomic E-state index is 4.56. The van der Waals surface area contributed by atoms with Gasteiger partial charge in [-0.25, -0.2) is 0 Å². The third-order valence-corrected chi connectivity index (χ3v) is 6.77. The highest BCUT2D eigenvalue weighted by molar-refractivity contribution is 8.42. The third kappa shape index (κ3) is 7.50. The molecular formula is C12H21NS3Si. The molecule has 0 aromatic heterocycles. The van der Waals surface area contributed by atoms with E-state index >= 15 is 0 Å². The molecule has 1 atom stereocenters. The molecule has 0 spiro atoms. The number of hydrogen-bond acceptors (Lipinski definition) is 4. The molecule has 1 nitrogen and oxygen atoms in total. The highest BCUT2D eigenvalue weighted by atomic mass is 32.2. The summed E-state index contributed by atoms with van der Waals surface area (Å²) in [5.41, 5.74) is 3.40. The van der Waals surface area contributed by atoms with Crippen molar-refractivity contribution < 1.29 is 0 Å². The van der Waals surface area contributed by atoms with Crippen molar-refractivity contribution in [1.82, 2.24) is 0 Å². The first kappa shape index (κ1) is 15.6.